The molecule has 1 N–H and O–H groups in total. The van der Waals surface area contributed by atoms with Crippen LogP contribution in [0.4, 0.5) is 0 Å². The van der Waals surface area contributed by atoms with Crippen molar-refractivity contribution in [3.05, 3.63) is 0 Å². The molecule has 0 aliphatic carbocycles. The van der Waals surface area contributed by atoms with Crippen LogP contribution in [0.25, 0.3) is 0 Å². The number of piperidine rings is 2. The molecular weight excluding hydrogens is 208 g/mol. The molecule has 2 nitrogen and oxygen atoms in total. The Morgan fingerprint density at radius 3 is 2.53 bits per heavy atom. The molecule has 2 heterocycles. The number of rotatable bonds is 3. The van der Waals surface area contributed by atoms with Crippen LogP contribution in [-0.4, -0.2) is 37.1 Å². The van der Waals surface area contributed by atoms with Gasteiger partial charge in [-0.3, -0.25) is 0 Å². The van der Waals surface area contributed by atoms with Gasteiger partial charge in [-0.25, -0.2) is 0 Å². The van der Waals surface area contributed by atoms with Crippen LogP contribution in [0.1, 0.15) is 46.5 Å². The van der Waals surface area contributed by atoms with Crippen LogP contribution in [-0.2, 0) is 0 Å². The molecule has 2 rings (SSSR count). The molecule has 0 bridgehead atoms. The van der Waals surface area contributed by atoms with Gasteiger partial charge in [-0.1, -0.05) is 13.8 Å². The maximum Gasteiger partial charge on any atom is 0.00927 e. The smallest absolute Gasteiger partial charge is 0.00927 e. The summed E-state index contributed by atoms with van der Waals surface area (Å²) < 4.78 is 0. The molecule has 0 spiro atoms. The molecule has 0 amide bonds. The van der Waals surface area contributed by atoms with Gasteiger partial charge in [0.1, 0.15) is 0 Å². The third kappa shape index (κ3) is 3.69. The molecular formula is C15H30N2. The first-order valence-corrected chi connectivity index (χ1v) is 7.61. The predicted molar refractivity (Wildman–Crippen MR) is 74.2 cm³/mol. The maximum absolute atomic E-state index is 3.46. The average Bonchev–Trinajstić information content (AvgIpc) is 2.33. The molecule has 2 fully saturated rings. The molecule has 0 aromatic carbocycles. The quantitative estimate of drug-likeness (QED) is 0.813. The van der Waals surface area contributed by atoms with E-state index in [4.69, 9.17) is 0 Å². The fourth-order valence-electron chi connectivity index (χ4n) is 3.65. The second-order valence-electron chi connectivity index (χ2n) is 6.54. The van der Waals surface area contributed by atoms with Gasteiger partial charge in [-0.05, 0) is 70.0 Å². The second-order valence-corrected chi connectivity index (χ2v) is 6.54. The Balaban J connectivity index is 1.76. The minimum absolute atomic E-state index is 0.799. The van der Waals surface area contributed by atoms with Crippen molar-refractivity contribution >= 4 is 0 Å². The van der Waals surface area contributed by atoms with Crippen LogP contribution < -0.4 is 5.32 Å². The van der Waals surface area contributed by atoms with E-state index >= 15 is 0 Å². The summed E-state index contributed by atoms with van der Waals surface area (Å²) in [5.74, 6) is 2.76. The topological polar surface area (TPSA) is 15.3 Å². The van der Waals surface area contributed by atoms with E-state index in [1.54, 1.807) is 0 Å². The van der Waals surface area contributed by atoms with Crippen molar-refractivity contribution in [1.29, 1.82) is 0 Å². The zero-order chi connectivity index (χ0) is 12.3. The van der Waals surface area contributed by atoms with Gasteiger partial charge in [-0.2, -0.15) is 0 Å². The Morgan fingerprint density at radius 2 is 1.82 bits per heavy atom. The van der Waals surface area contributed by atoms with Gasteiger partial charge in [0.15, 0.2) is 0 Å². The Hall–Kier alpha value is -0.0800. The molecule has 3 atom stereocenters. The van der Waals surface area contributed by atoms with E-state index in [9.17, 15) is 0 Å². The number of hydrogen-bond donors (Lipinski definition) is 1. The lowest BCUT2D eigenvalue weighted by molar-refractivity contribution is 0.0725. The molecule has 0 aromatic heterocycles. The van der Waals surface area contributed by atoms with Crippen molar-refractivity contribution in [2.24, 2.45) is 17.8 Å². The summed E-state index contributed by atoms with van der Waals surface area (Å²) in [5.41, 5.74) is 0. The van der Waals surface area contributed by atoms with Gasteiger partial charge >= 0.3 is 0 Å². The standard InChI is InChI=1S/C15H30N2/c1-12-10-13(2)14(3)17(11-12)9-6-15-4-7-16-8-5-15/h12-16H,4-11H2,1-3H3. The summed E-state index contributed by atoms with van der Waals surface area (Å²) in [6.07, 6.45) is 5.64. The molecule has 0 radical (unpaired) electrons. The van der Waals surface area contributed by atoms with Crippen LogP contribution in [0.3, 0.4) is 0 Å². The first-order chi connectivity index (χ1) is 8.16. The van der Waals surface area contributed by atoms with Crippen molar-refractivity contribution < 1.29 is 0 Å². The van der Waals surface area contributed by atoms with Gasteiger partial charge in [0.25, 0.3) is 0 Å². The van der Waals surface area contributed by atoms with Gasteiger partial charge in [-0.15, -0.1) is 0 Å². The van der Waals surface area contributed by atoms with Gasteiger partial charge < -0.3 is 10.2 Å². The third-order valence-electron chi connectivity index (χ3n) is 5.00. The monoisotopic (exact) mass is 238 g/mol. The first kappa shape index (κ1) is 13.4. The van der Waals surface area contributed by atoms with Crippen molar-refractivity contribution in [3.8, 4) is 0 Å². The van der Waals surface area contributed by atoms with Crippen LogP contribution in [0.5, 0.6) is 0 Å². The Bertz CT molecular complexity index is 223. The van der Waals surface area contributed by atoms with E-state index in [0.29, 0.717) is 0 Å². The van der Waals surface area contributed by atoms with Crippen LogP contribution in [0, 0.1) is 17.8 Å². The zero-order valence-corrected chi connectivity index (χ0v) is 11.9. The van der Waals surface area contributed by atoms with Gasteiger partial charge in [0.2, 0.25) is 0 Å². The molecule has 0 saturated carbocycles. The highest BCUT2D eigenvalue weighted by atomic mass is 15.2. The van der Waals surface area contributed by atoms with Gasteiger partial charge in [0, 0.05) is 12.6 Å². The highest BCUT2D eigenvalue weighted by Crippen LogP contribution is 2.28. The van der Waals surface area contributed by atoms with E-state index in [1.807, 2.05) is 0 Å². The van der Waals surface area contributed by atoms with Crippen molar-refractivity contribution in [3.63, 3.8) is 0 Å². The number of nitrogens with zero attached hydrogens (tertiary/aromatic N) is 1. The second kappa shape index (κ2) is 6.19. The molecule has 2 aliphatic heterocycles. The normalized spacial score (nSPS) is 37.2. The highest BCUT2D eigenvalue weighted by Gasteiger charge is 2.28. The van der Waals surface area contributed by atoms with E-state index < -0.39 is 0 Å². The number of nitrogens with one attached hydrogen (secondary N) is 1. The molecule has 2 aliphatic rings. The van der Waals surface area contributed by atoms with E-state index in [-0.39, 0.29) is 0 Å². The fourth-order valence-corrected chi connectivity index (χ4v) is 3.65. The minimum Gasteiger partial charge on any atom is -0.317 e. The Kier molecular flexibility index (Phi) is 4.87. The number of hydrogen-bond acceptors (Lipinski definition) is 2. The predicted octanol–water partition coefficient (Wildman–Crippen LogP) is 2.74. The maximum atomic E-state index is 3.46. The molecule has 0 aromatic rings. The SMILES string of the molecule is CC1CC(C)C(C)N(CCC2CCNCC2)C1. The van der Waals surface area contributed by atoms with E-state index in [2.05, 4.69) is 31.0 Å². The van der Waals surface area contributed by atoms with Crippen LogP contribution in [0.15, 0.2) is 0 Å². The summed E-state index contributed by atoms with van der Waals surface area (Å²) in [7, 11) is 0. The summed E-state index contributed by atoms with van der Waals surface area (Å²) in [4.78, 5) is 2.75. The average molecular weight is 238 g/mol. The summed E-state index contributed by atoms with van der Waals surface area (Å²) in [6.45, 7) is 12.4. The lowest BCUT2D eigenvalue weighted by Crippen LogP contribution is -2.46. The largest absolute Gasteiger partial charge is 0.317 e. The Labute approximate surface area is 107 Å². The number of likely N-dealkylation sites (tertiary alicyclic amines) is 1. The summed E-state index contributed by atoms with van der Waals surface area (Å²) in [6, 6.07) is 0.799. The summed E-state index contributed by atoms with van der Waals surface area (Å²) in [5, 5.41) is 3.46. The van der Waals surface area contributed by atoms with Crippen molar-refractivity contribution in [1.82, 2.24) is 10.2 Å². The first-order valence-electron chi connectivity index (χ1n) is 7.61. The van der Waals surface area contributed by atoms with E-state index in [1.165, 1.54) is 51.9 Å². The molecule has 2 heteroatoms. The third-order valence-corrected chi connectivity index (χ3v) is 5.00. The van der Waals surface area contributed by atoms with Crippen molar-refractivity contribution in [2.75, 3.05) is 26.2 Å². The molecule has 100 valence electrons. The zero-order valence-electron chi connectivity index (χ0n) is 11.9. The molecule has 17 heavy (non-hydrogen) atoms. The van der Waals surface area contributed by atoms with Crippen LogP contribution >= 0.6 is 0 Å². The minimum atomic E-state index is 0.799. The van der Waals surface area contributed by atoms with Crippen LogP contribution in [0.2, 0.25) is 0 Å². The summed E-state index contributed by atoms with van der Waals surface area (Å²) >= 11 is 0. The molecule has 2 saturated heterocycles. The lowest BCUT2D eigenvalue weighted by Gasteiger charge is -2.41. The van der Waals surface area contributed by atoms with Gasteiger partial charge in [0.05, 0.1) is 0 Å². The Morgan fingerprint density at radius 1 is 1.12 bits per heavy atom. The fraction of sp³-hybridized carbons (Fsp3) is 1.00. The molecule has 3 unspecified atom stereocenters. The van der Waals surface area contributed by atoms with Crippen molar-refractivity contribution in [2.45, 2.75) is 52.5 Å². The van der Waals surface area contributed by atoms with E-state index in [0.717, 1.165) is 23.8 Å². The lowest BCUT2D eigenvalue weighted by atomic mass is 9.85. The highest BCUT2D eigenvalue weighted by molar-refractivity contribution is 4.82.